The molecule has 1 N–H and O–H groups in total. The molecule has 24 heavy (non-hydrogen) atoms. The molecule has 130 valence electrons. The van der Waals surface area contributed by atoms with Gasteiger partial charge in [-0.1, -0.05) is 6.92 Å². The Morgan fingerprint density at radius 3 is 2.58 bits per heavy atom. The van der Waals surface area contributed by atoms with Crippen LogP contribution in [0.4, 0.5) is 0 Å². The summed E-state index contributed by atoms with van der Waals surface area (Å²) >= 11 is 0. The number of ether oxygens (including phenoxy) is 1. The van der Waals surface area contributed by atoms with E-state index in [0.717, 1.165) is 26.1 Å². The van der Waals surface area contributed by atoms with E-state index < -0.39 is 17.7 Å². The Hall–Kier alpha value is -1.99. The standard InChI is InChI=1S/C17H23N3O4/c1-2-9-19-10-5-17(6-11-19)20(14(12-24-17)16(22)23)15(21)13-3-7-18-8-4-13/h3-4,7-8,14H,2,5-6,9-12H2,1H3,(H,22,23). The minimum Gasteiger partial charge on any atom is -0.480 e. The third-order valence-corrected chi connectivity index (χ3v) is 4.87. The number of likely N-dealkylation sites (tertiary alicyclic amines) is 1. The topological polar surface area (TPSA) is 83.0 Å². The van der Waals surface area contributed by atoms with Gasteiger partial charge in [0.2, 0.25) is 0 Å². The third-order valence-electron chi connectivity index (χ3n) is 4.87. The number of hydrogen-bond donors (Lipinski definition) is 1. The summed E-state index contributed by atoms with van der Waals surface area (Å²) < 4.78 is 5.92. The average molecular weight is 333 g/mol. The molecule has 2 aliphatic rings. The second-order valence-corrected chi connectivity index (χ2v) is 6.36. The molecule has 1 aromatic heterocycles. The van der Waals surface area contributed by atoms with Gasteiger partial charge < -0.3 is 14.7 Å². The highest BCUT2D eigenvalue weighted by Crippen LogP contribution is 2.38. The summed E-state index contributed by atoms with van der Waals surface area (Å²) in [6.45, 7) is 4.80. The van der Waals surface area contributed by atoms with Crippen molar-refractivity contribution in [3.63, 3.8) is 0 Å². The summed E-state index contributed by atoms with van der Waals surface area (Å²) in [6, 6.07) is 2.28. The predicted octanol–water partition coefficient (Wildman–Crippen LogP) is 1.21. The minimum atomic E-state index is -1.02. The lowest BCUT2D eigenvalue weighted by Gasteiger charge is -2.44. The summed E-state index contributed by atoms with van der Waals surface area (Å²) in [4.78, 5) is 32.3. The number of aromatic nitrogens is 1. The third kappa shape index (κ3) is 3.01. The summed E-state index contributed by atoms with van der Waals surface area (Å²) in [5, 5.41) is 9.53. The van der Waals surface area contributed by atoms with Crippen LogP contribution in [0.15, 0.2) is 24.5 Å². The van der Waals surface area contributed by atoms with Crippen LogP contribution in [-0.4, -0.2) is 69.8 Å². The van der Waals surface area contributed by atoms with Crippen molar-refractivity contribution < 1.29 is 19.4 Å². The summed E-state index contributed by atoms with van der Waals surface area (Å²) in [5.41, 5.74) is -0.370. The zero-order valence-electron chi connectivity index (χ0n) is 13.9. The van der Waals surface area contributed by atoms with Gasteiger partial charge in [0.1, 0.15) is 5.72 Å². The zero-order chi connectivity index (χ0) is 17.2. The van der Waals surface area contributed by atoms with Crippen LogP contribution in [0.25, 0.3) is 0 Å². The first kappa shape index (κ1) is 16.9. The second kappa shape index (κ2) is 6.86. The first-order valence-electron chi connectivity index (χ1n) is 8.40. The number of carbonyl (C=O) groups is 2. The molecule has 3 heterocycles. The molecule has 1 amide bonds. The first-order valence-corrected chi connectivity index (χ1v) is 8.40. The number of aliphatic carboxylic acids is 1. The molecule has 2 aliphatic heterocycles. The molecule has 7 nitrogen and oxygen atoms in total. The van der Waals surface area contributed by atoms with E-state index in [1.807, 2.05) is 0 Å². The van der Waals surface area contributed by atoms with Gasteiger partial charge in [-0.15, -0.1) is 0 Å². The highest BCUT2D eigenvalue weighted by atomic mass is 16.5. The number of carboxylic acids is 1. The Labute approximate surface area is 141 Å². The zero-order valence-corrected chi connectivity index (χ0v) is 13.9. The summed E-state index contributed by atoms with van der Waals surface area (Å²) in [7, 11) is 0. The van der Waals surface area contributed by atoms with Crippen LogP contribution >= 0.6 is 0 Å². The predicted molar refractivity (Wildman–Crippen MR) is 86.5 cm³/mol. The number of nitrogens with zero attached hydrogens (tertiary/aromatic N) is 3. The van der Waals surface area contributed by atoms with Gasteiger partial charge in [-0.05, 0) is 25.1 Å². The maximum absolute atomic E-state index is 13.0. The maximum atomic E-state index is 13.0. The highest BCUT2D eigenvalue weighted by Gasteiger charge is 2.53. The van der Waals surface area contributed by atoms with Crippen molar-refractivity contribution in [1.29, 1.82) is 0 Å². The smallest absolute Gasteiger partial charge is 0.328 e. The van der Waals surface area contributed by atoms with Gasteiger partial charge >= 0.3 is 5.97 Å². The van der Waals surface area contributed by atoms with E-state index in [9.17, 15) is 14.7 Å². The Balaban J connectivity index is 1.86. The molecular weight excluding hydrogens is 310 g/mol. The van der Waals surface area contributed by atoms with Crippen molar-refractivity contribution >= 4 is 11.9 Å². The second-order valence-electron chi connectivity index (χ2n) is 6.36. The SMILES string of the molecule is CCCN1CCC2(CC1)OCC(C(=O)O)N2C(=O)c1ccncc1. The Morgan fingerprint density at radius 2 is 2.00 bits per heavy atom. The molecule has 2 saturated heterocycles. The molecule has 7 heteroatoms. The van der Waals surface area contributed by atoms with Crippen molar-refractivity contribution in [2.75, 3.05) is 26.2 Å². The molecule has 1 unspecified atom stereocenters. The fourth-order valence-electron chi connectivity index (χ4n) is 3.63. The van der Waals surface area contributed by atoms with E-state index in [1.165, 1.54) is 17.3 Å². The van der Waals surface area contributed by atoms with Gasteiger partial charge in [0.25, 0.3) is 5.91 Å². The highest BCUT2D eigenvalue weighted by molar-refractivity contribution is 5.97. The van der Waals surface area contributed by atoms with E-state index in [4.69, 9.17) is 4.74 Å². The van der Waals surface area contributed by atoms with Crippen LogP contribution in [0.1, 0.15) is 36.5 Å². The van der Waals surface area contributed by atoms with Gasteiger partial charge in [0, 0.05) is 43.9 Å². The van der Waals surface area contributed by atoms with Gasteiger partial charge in [-0.25, -0.2) is 4.79 Å². The molecule has 3 rings (SSSR count). The molecule has 0 saturated carbocycles. The molecule has 1 spiro atoms. The lowest BCUT2D eigenvalue weighted by molar-refractivity contribution is -0.143. The molecule has 1 aromatic rings. The van der Waals surface area contributed by atoms with Crippen LogP contribution < -0.4 is 0 Å². The molecule has 0 aromatic carbocycles. The molecular formula is C17H23N3O4. The average Bonchev–Trinajstić information content (AvgIpc) is 2.97. The van der Waals surface area contributed by atoms with Crippen LogP contribution in [0, 0.1) is 0 Å². The maximum Gasteiger partial charge on any atom is 0.328 e. The normalized spacial score (nSPS) is 23.5. The molecule has 0 aliphatic carbocycles. The van der Waals surface area contributed by atoms with Crippen LogP contribution in [-0.2, 0) is 9.53 Å². The van der Waals surface area contributed by atoms with E-state index >= 15 is 0 Å². The Kier molecular flexibility index (Phi) is 4.82. The first-order chi connectivity index (χ1) is 11.6. The van der Waals surface area contributed by atoms with E-state index in [0.29, 0.717) is 18.4 Å². The fraction of sp³-hybridized carbons (Fsp3) is 0.588. The summed E-state index contributed by atoms with van der Waals surface area (Å²) in [5.74, 6) is -1.32. The lowest BCUT2D eigenvalue weighted by atomic mass is 9.96. The molecule has 0 radical (unpaired) electrons. The number of piperidine rings is 1. The molecule has 1 atom stereocenters. The van der Waals surface area contributed by atoms with Crippen LogP contribution in [0.2, 0.25) is 0 Å². The number of rotatable bonds is 4. The number of carboxylic acid groups (broad SMARTS) is 1. The van der Waals surface area contributed by atoms with Crippen LogP contribution in [0.3, 0.4) is 0 Å². The van der Waals surface area contributed by atoms with E-state index in [1.54, 1.807) is 12.1 Å². The van der Waals surface area contributed by atoms with Gasteiger partial charge in [-0.3, -0.25) is 14.7 Å². The van der Waals surface area contributed by atoms with Gasteiger partial charge in [0.05, 0.1) is 6.61 Å². The van der Waals surface area contributed by atoms with Crippen molar-refractivity contribution in [3.8, 4) is 0 Å². The fourth-order valence-corrected chi connectivity index (χ4v) is 3.63. The van der Waals surface area contributed by atoms with E-state index in [2.05, 4.69) is 16.8 Å². The number of amides is 1. The van der Waals surface area contributed by atoms with Crippen molar-refractivity contribution in [3.05, 3.63) is 30.1 Å². The number of hydrogen-bond acceptors (Lipinski definition) is 5. The van der Waals surface area contributed by atoms with Crippen LogP contribution in [0.5, 0.6) is 0 Å². The monoisotopic (exact) mass is 333 g/mol. The quantitative estimate of drug-likeness (QED) is 0.892. The van der Waals surface area contributed by atoms with Crippen molar-refractivity contribution in [1.82, 2.24) is 14.8 Å². The summed E-state index contributed by atoms with van der Waals surface area (Å²) in [6.07, 6.45) is 5.42. The molecule has 2 fully saturated rings. The molecule has 0 bridgehead atoms. The largest absolute Gasteiger partial charge is 0.480 e. The van der Waals surface area contributed by atoms with E-state index in [-0.39, 0.29) is 12.5 Å². The van der Waals surface area contributed by atoms with Gasteiger partial charge in [0.15, 0.2) is 6.04 Å². The van der Waals surface area contributed by atoms with Crippen molar-refractivity contribution in [2.24, 2.45) is 0 Å². The lowest BCUT2D eigenvalue weighted by Crippen LogP contribution is -2.58. The minimum absolute atomic E-state index is 0.0416. The Morgan fingerprint density at radius 1 is 1.33 bits per heavy atom. The van der Waals surface area contributed by atoms with Crippen molar-refractivity contribution in [2.45, 2.75) is 38.0 Å². The number of carbonyl (C=O) groups excluding carboxylic acids is 1. The Bertz CT molecular complexity index is 599. The van der Waals surface area contributed by atoms with Gasteiger partial charge in [-0.2, -0.15) is 0 Å². The number of pyridine rings is 1.